The summed E-state index contributed by atoms with van der Waals surface area (Å²) >= 11 is 0. The Balaban J connectivity index is 1.79. The molecule has 0 spiro atoms. The molecular weight excluding hydrogens is 314 g/mol. The van der Waals surface area contributed by atoms with Gasteiger partial charge in [0, 0.05) is 5.56 Å². The van der Waals surface area contributed by atoms with Gasteiger partial charge in [-0.25, -0.2) is 4.79 Å². The lowest BCUT2D eigenvalue weighted by molar-refractivity contribution is -0.00408. The van der Waals surface area contributed by atoms with E-state index in [4.69, 9.17) is 4.74 Å². The minimum atomic E-state index is -1.49. The van der Waals surface area contributed by atoms with E-state index in [-0.39, 0.29) is 6.61 Å². The van der Waals surface area contributed by atoms with Crippen molar-refractivity contribution < 1.29 is 14.6 Å². The molecule has 0 saturated heterocycles. The van der Waals surface area contributed by atoms with E-state index in [2.05, 4.69) is 5.32 Å². The summed E-state index contributed by atoms with van der Waals surface area (Å²) in [4.78, 5) is 12.2. The van der Waals surface area contributed by atoms with Gasteiger partial charge in [0.15, 0.2) is 5.72 Å². The van der Waals surface area contributed by atoms with Crippen LogP contribution in [0.3, 0.4) is 0 Å². The molecule has 2 N–H and O–H groups in total. The number of hydrogen-bond donors (Lipinski definition) is 2. The molecule has 128 valence electrons. The van der Waals surface area contributed by atoms with Gasteiger partial charge in [0.05, 0.1) is 0 Å². The third kappa shape index (κ3) is 3.80. The lowest BCUT2D eigenvalue weighted by Crippen LogP contribution is -2.45. The Morgan fingerprint density at radius 1 is 1.00 bits per heavy atom. The maximum absolute atomic E-state index is 12.2. The van der Waals surface area contributed by atoms with Crippen molar-refractivity contribution in [3.8, 4) is 0 Å². The Hall–Kier alpha value is -2.85. The van der Waals surface area contributed by atoms with Crippen LogP contribution in [-0.2, 0) is 17.1 Å². The smallest absolute Gasteiger partial charge is 0.409 e. The van der Waals surface area contributed by atoms with Gasteiger partial charge < -0.3 is 9.84 Å². The molecule has 1 atom stereocenters. The summed E-state index contributed by atoms with van der Waals surface area (Å²) in [7, 11) is 0. The van der Waals surface area contributed by atoms with Crippen molar-refractivity contribution in [2.75, 3.05) is 0 Å². The zero-order chi connectivity index (χ0) is 17.7. The number of aliphatic hydroxyl groups is 1. The average Bonchev–Trinajstić information content (AvgIpc) is 2.66. The summed E-state index contributed by atoms with van der Waals surface area (Å²) in [5.41, 5.74) is 0.0573. The molecule has 0 aromatic heterocycles. The normalized spacial score (nSPS) is 13.2. The van der Waals surface area contributed by atoms with Crippen LogP contribution in [0.5, 0.6) is 0 Å². The highest BCUT2D eigenvalue weighted by atomic mass is 16.6. The highest BCUT2D eigenvalue weighted by Crippen LogP contribution is 2.29. The second kappa shape index (κ2) is 7.36. The van der Waals surface area contributed by atoms with E-state index in [1.54, 1.807) is 0 Å². The predicted molar refractivity (Wildman–Crippen MR) is 97.9 cm³/mol. The van der Waals surface area contributed by atoms with Crippen LogP contribution < -0.4 is 5.32 Å². The van der Waals surface area contributed by atoms with Gasteiger partial charge >= 0.3 is 6.09 Å². The molecule has 0 aliphatic carbocycles. The van der Waals surface area contributed by atoms with Crippen LogP contribution in [-0.4, -0.2) is 11.2 Å². The van der Waals surface area contributed by atoms with Crippen LogP contribution in [0, 0.1) is 0 Å². The summed E-state index contributed by atoms with van der Waals surface area (Å²) in [6, 6.07) is 22.9. The lowest BCUT2D eigenvalue weighted by atomic mass is 9.94. The van der Waals surface area contributed by atoms with Gasteiger partial charge in [0.2, 0.25) is 0 Å². The molecule has 0 bridgehead atoms. The number of amides is 1. The molecule has 1 unspecified atom stereocenters. The molecule has 0 fully saturated rings. The van der Waals surface area contributed by atoms with Crippen LogP contribution >= 0.6 is 0 Å². The Morgan fingerprint density at radius 3 is 2.44 bits per heavy atom. The van der Waals surface area contributed by atoms with Crippen LogP contribution in [0.15, 0.2) is 72.8 Å². The number of nitrogens with one attached hydrogen (secondary N) is 1. The summed E-state index contributed by atoms with van der Waals surface area (Å²) in [5, 5.41) is 15.6. The Morgan fingerprint density at radius 2 is 1.68 bits per heavy atom. The standard InChI is InChI=1S/C21H21NO3/c1-2-21(24,19-14-8-12-17-11-6-7-13-18(17)19)22-20(23)25-15-16-9-4-3-5-10-16/h3-14,24H,2,15H2,1H3,(H,22,23). The number of carbonyl (C=O) groups is 1. The first-order valence-corrected chi connectivity index (χ1v) is 8.32. The highest BCUT2D eigenvalue weighted by Gasteiger charge is 2.31. The average molecular weight is 335 g/mol. The van der Waals surface area contributed by atoms with E-state index in [0.29, 0.717) is 12.0 Å². The summed E-state index contributed by atoms with van der Waals surface area (Å²) < 4.78 is 5.25. The minimum Gasteiger partial charge on any atom is -0.445 e. The molecule has 0 aliphatic rings. The number of alkyl carbamates (subject to hydrolysis) is 1. The van der Waals surface area contributed by atoms with Crippen LogP contribution in [0.2, 0.25) is 0 Å². The zero-order valence-electron chi connectivity index (χ0n) is 14.1. The van der Waals surface area contributed by atoms with Crippen molar-refractivity contribution in [2.45, 2.75) is 25.7 Å². The highest BCUT2D eigenvalue weighted by molar-refractivity contribution is 5.87. The van der Waals surface area contributed by atoms with Crippen molar-refractivity contribution in [1.82, 2.24) is 5.32 Å². The zero-order valence-corrected chi connectivity index (χ0v) is 14.1. The van der Waals surface area contributed by atoms with Crippen molar-refractivity contribution in [3.05, 3.63) is 83.9 Å². The summed E-state index contributed by atoms with van der Waals surface area (Å²) in [5.74, 6) is 0. The number of carbonyl (C=O) groups excluding carboxylic acids is 1. The maximum atomic E-state index is 12.2. The van der Waals surface area contributed by atoms with Crippen LogP contribution in [0.4, 0.5) is 4.79 Å². The van der Waals surface area contributed by atoms with E-state index in [9.17, 15) is 9.90 Å². The van der Waals surface area contributed by atoms with E-state index in [0.717, 1.165) is 16.3 Å². The van der Waals surface area contributed by atoms with Gasteiger partial charge in [-0.1, -0.05) is 79.7 Å². The number of benzene rings is 3. The molecule has 4 nitrogen and oxygen atoms in total. The third-order valence-corrected chi connectivity index (χ3v) is 4.27. The van der Waals surface area contributed by atoms with Gasteiger partial charge in [-0.2, -0.15) is 0 Å². The maximum Gasteiger partial charge on any atom is 0.409 e. The quantitative estimate of drug-likeness (QED) is 0.683. The van der Waals surface area contributed by atoms with Crippen molar-refractivity contribution in [2.24, 2.45) is 0 Å². The molecule has 0 heterocycles. The molecule has 0 aliphatic heterocycles. The third-order valence-electron chi connectivity index (χ3n) is 4.27. The lowest BCUT2D eigenvalue weighted by Gasteiger charge is -2.29. The molecule has 4 heteroatoms. The monoisotopic (exact) mass is 335 g/mol. The fourth-order valence-electron chi connectivity index (χ4n) is 2.86. The van der Waals surface area contributed by atoms with Crippen LogP contribution in [0.25, 0.3) is 10.8 Å². The number of rotatable bonds is 5. The van der Waals surface area contributed by atoms with Crippen molar-refractivity contribution in [3.63, 3.8) is 0 Å². The molecule has 3 aromatic rings. The Kier molecular flexibility index (Phi) is 5.00. The number of ether oxygens (including phenoxy) is 1. The van der Waals surface area contributed by atoms with Crippen molar-refractivity contribution in [1.29, 1.82) is 0 Å². The minimum absolute atomic E-state index is 0.155. The fourth-order valence-corrected chi connectivity index (χ4v) is 2.86. The van der Waals surface area contributed by atoms with Crippen LogP contribution in [0.1, 0.15) is 24.5 Å². The Bertz CT molecular complexity index is 858. The molecule has 0 radical (unpaired) electrons. The van der Waals surface area contributed by atoms with Gasteiger partial charge in [-0.05, 0) is 22.8 Å². The van der Waals surface area contributed by atoms with E-state index < -0.39 is 11.8 Å². The molecule has 3 rings (SSSR count). The molecular formula is C21H21NO3. The summed E-state index contributed by atoms with van der Waals surface area (Å²) in [6.07, 6.45) is -0.331. The van der Waals surface area contributed by atoms with Gasteiger partial charge in [-0.3, -0.25) is 5.32 Å². The van der Waals surface area contributed by atoms with E-state index in [1.807, 2.05) is 79.7 Å². The molecule has 1 amide bonds. The van der Waals surface area contributed by atoms with Gasteiger partial charge in [-0.15, -0.1) is 0 Å². The molecule has 0 saturated carbocycles. The topological polar surface area (TPSA) is 58.6 Å². The summed E-state index contributed by atoms with van der Waals surface area (Å²) in [6.45, 7) is 1.97. The first kappa shape index (κ1) is 17.0. The molecule has 3 aromatic carbocycles. The first-order chi connectivity index (χ1) is 12.1. The van der Waals surface area contributed by atoms with E-state index >= 15 is 0 Å². The second-order valence-electron chi connectivity index (χ2n) is 5.93. The second-order valence-corrected chi connectivity index (χ2v) is 5.93. The van der Waals surface area contributed by atoms with Gasteiger partial charge in [0.25, 0.3) is 0 Å². The SMILES string of the molecule is CCC(O)(NC(=O)OCc1ccccc1)c1cccc2ccccc12. The fraction of sp³-hybridized carbons (Fsp3) is 0.190. The number of hydrogen-bond acceptors (Lipinski definition) is 3. The van der Waals surface area contributed by atoms with Crippen molar-refractivity contribution >= 4 is 16.9 Å². The predicted octanol–water partition coefficient (Wildman–Crippen LogP) is 4.32. The molecule has 25 heavy (non-hydrogen) atoms. The largest absolute Gasteiger partial charge is 0.445 e. The Labute approximate surface area is 147 Å². The van der Waals surface area contributed by atoms with E-state index in [1.165, 1.54) is 0 Å². The first-order valence-electron chi connectivity index (χ1n) is 8.32. The van der Waals surface area contributed by atoms with Gasteiger partial charge in [0.1, 0.15) is 6.61 Å². The number of fused-ring (bicyclic) bond motifs is 1.